The Morgan fingerprint density at radius 3 is 1.93 bits per heavy atom. The van der Waals surface area contributed by atoms with Crippen LogP contribution in [0.15, 0.2) is 35.4 Å². The van der Waals surface area contributed by atoms with Gasteiger partial charge in [-0.15, -0.1) is 0 Å². The van der Waals surface area contributed by atoms with Crippen LogP contribution < -0.4 is 0 Å². The molecule has 5 atom stereocenters. The highest BCUT2D eigenvalue weighted by atomic mass is 32.2. The number of esters is 4. The number of hydrogen-bond donors (Lipinski definition) is 0. The summed E-state index contributed by atoms with van der Waals surface area (Å²) in [5.41, 5.74) is 0.188. The van der Waals surface area contributed by atoms with Crippen LogP contribution in [0.3, 0.4) is 0 Å². The van der Waals surface area contributed by atoms with Crippen molar-refractivity contribution >= 4 is 41.4 Å². The van der Waals surface area contributed by atoms with Crippen molar-refractivity contribution in [3.8, 4) is 11.4 Å². The standard InChI is InChI=1S/C27H30N2O10S/c1-13-21(14(2)30)26(29-25(28-13)19-10-8-7-9-11-19)40-27-24(38-18(6)34)23(37-17(5)33)22(36-16(4)32)20(39-27)12-35-15(3)31/h7-11,20,22-24,27H,12H2,1-6H3/t20-,22-,23+,24-,27+/m1/s1. The minimum absolute atomic E-state index is 0.220. The molecule has 0 radical (unpaired) electrons. The van der Waals surface area contributed by atoms with E-state index in [1.54, 1.807) is 6.92 Å². The number of ketones is 1. The average molecular weight is 575 g/mol. The molecule has 13 heteroatoms. The number of thioether (sulfide) groups is 1. The van der Waals surface area contributed by atoms with Gasteiger partial charge in [-0.1, -0.05) is 42.1 Å². The number of ether oxygens (including phenoxy) is 5. The van der Waals surface area contributed by atoms with Crippen molar-refractivity contribution in [3.05, 3.63) is 41.6 Å². The largest absolute Gasteiger partial charge is 0.463 e. The van der Waals surface area contributed by atoms with Gasteiger partial charge in [-0.05, 0) is 13.8 Å². The van der Waals surface area contributed by atoms with Gasteiger partial charge >= 0.3 is 23.9 Å². The van der Waals surface area contributed by atoms with E-state index in [0.29, 0.717) is 17.1 Å². The van der Waals surface area contributed by atoms with Gasteiger partial charge in [0.05, 0.1) is 11.3 Å². The molecule has 0 aliphatic carbocycles. The number of carbonyl (C=O) groups is 5. The summed E-state index contributed by atoms with van der Waals surface area (Å²) in [5.74, 6) is -2.80. The number of Topliss-reactive ketones (excluding diaryl/α,β-unsaturated/α-hetero) is 1. The third kappa shape index (κ3) is 7.85. The van der Waals surface area contributed by atoms with Crippen LogP contribution in [0.2, 0.25) is 0 Å². The van der Waals surface area contributed by atoms with Crippen molar-refractivity contribution in [2.24, 2.45) is 0 Å². The summed E-state index contributed by atoms with van der Waals surface area (Å²) < 4.78 is 27.7. The van der Waals surface area contributed by atoms with E-state index >= 15 is 0 Å². The molecule has 1 aliphatic heterocycles. The highest BCUT2D eigenvalue weighted by Crippen LogP contribution is 2.39. The number of benzene rings is 1. The maximum atomic E-state index is 12.7. The second-order valence-electron chi connectivity index (χ2n) is 8.92. The zero-order valence-corrected chi connectivity index (χ0v) is 23.7. The van der Waals surface area contributed by atoms with Crippen molar-refractivity contribution in [3.63, 3.8) is 0 Å². The molecule has 0 bridgehead atoms. The molecular formula is C27H30N2O10S. The molecule has 0 amide bonds. The lowest BCUT2D eigenvalue weighted by atomic mass is 9.99. The predicted octanol–water partition coefficient (Wildman–Crippen LogP) is 2.83. The van der Waals surface area contributed by atoms with Crippen LogP contribution in [0.4, 0.5) is 0 Å². The monoisotopic (exact) mass is 574 g/mol. The van der Waals surface area contributed by atoms with Gasteiger partial charge in [-0.3, -0.25) is 24.0 Å². The SMILES string of the molecule is CC(=O)OC[C@H]1O[C@@H](Sc2nc(-c3ccccc3)nc(C)c2C(C)=O)[C@H](OC(C)=O)[C@@H](OC(C)=O)[C@@H]1OC(C)=O. The molecule has 1 aromatic heterocycles. The number of aromatic nitrogens is 2. The number of hydrogen-bond acceptors (Lipinski definition) is 13. The van der Waals surface area contributed by atoms with Gasteiger partial charge < -0.3 is 23.7 Å². The van der Waals surface area contributed by atoms with Crippen molar-refractivity contribution in [2.45, 2.75) is 76.4 Å². The molecule has 0 N–H and O–H groups in total. The second-order valence-corrected chi connectivity index (χ2v) is 10.0. The van der Waals surface area contributed by atoms with Gasteiger partial charge in [0, 0.05) is 33.3 Å². The normalized spacial score (nSPS) is 22.1. The average Bonchev–Trinajstić information content (AvgIpc) is 2.85. The number of aryl methyl sites for hydroxylation is 1. The first kappa shape index (κ1) is 30.7. The molecule has 1 saturated heterocycles. The first-order chi connectivity index (χ1) is 18.9. The molecule has 2 heterocycles. The summed E-state index contributed by atoms with van der Waals surface area (Å²) in [6, 6.07) is 9.10. The molecule has 1 aliphatic rings. The smallest absolute Gasteiger partial charge is 0.303 e. The zero-order chi connectivity index (χ0) is 29.6. The quantitative estimate of drug-likeness (QED) is 0.186. The summed E-state index contributed by atoms with van der Waals surface area (Å²) in [6.45, 7) is 7.29. The third-order valence-electron chi connectivity index (χ3n) is 5.62. The Balaban J connectivity index is 2.13. The predicted molar refractivity (Wildman–Crippen MR) is 140 cm³/mol. The zero-order valence-electron chi connectivity index (χ0n) is 22.9. The first-order valence-electron chi connectivity index (χ1n) is 12.3. The van der Waals surface area contributed by atoms with Gasteiger partial charge in [-0.2, -0.15) is 0 Å². The number of nitrogens with zero attached hydrogens (tertiary/aromatic N) is 2. The molecule has 40 heavy (non-hydrogen) atoms. The molecular weight excluding hydrogens is 544 g/mol. The molecule has 0 saturated carbocycles. The van der Waals surface area contributed by atoms with E-state index in [0.717, 1.165) is 32.5 Å². The Morgan fingerprint density at radius 2 is 1.38 bits per heavy atom. The number of carbonyl (C=O) groups excluding carboxylic acids is 5. The van der Waals surface area contributed by atoms with Crippen molar-refractivity contribution < 1.29 is 47.7 Å². The van der Waals surface area contributed by atoms with Gasteiger partial charge in [-0.25, -0.2) is 9.97 Å². The van der Waals surface area contributed by atoms with E-state index in [2.05, 4.69) is 9.97 Å². The molecule has 3 rings (SSSR count). The van der Waals surface area contributed by atoms with Crippen molar-refractivity contribution in [1.82, 2.24) is 9.97 Å². The maximum absolute atomic E-state index is 12.7. The molecule has 0 spiro atoms. The lowest BCUT2D eigenvalue weighted by Gasteiger charge is -2.44. The molecule has 214 valence electrons. The Kier molecular flexibility index (Phi) is 10.3. The summed E-state index contributed by atoms with van der Waals surface area (Å²) >= 11 is 0.939. The van der Waals surface area contributed by atoms with E-state index in [-0.39, 0.29) is 23.0 Å². The van der Waals surface area contributed by atoms with Crippen molar-refractivity contribution in [1.29, 1.82) is 0 Å². The lowest BCUT2D eigenvalue weighted by molar-refractivity contribution is -0.237. The Bertz CT molecular complexity index is 1290. The van der Waals surface area contributed by atoms with Crippen LogP contribution in [0.25, 0.3) is 11.4 Å². The van der Waals surface area contributed by atoms with Gasteiger partial charge in [0.25, 0.3) is 0 Å². The fraction of sp³-hybridized carbons (Fsp3) is 0.444. The highest BCUT2D eigenvalue weighted by Gasteiger charge is 2.52. The first-order valence-corrected chi connectivity index (χ1v) is 13.2. The highest BCUT2D eigenvalue weighted by molar-refractivity contribution is 7.99. The van der Waals surface area contributed by atoms with E-state index in [1.165, 1.54) is 13.8 Å². The van der Waals surface area contributed by atoms with Gasteiger partial charge in [0.2, 0.25) is 0 Å². The van der Waals surface area contributed by atoms with Crippen LogP contribution in [-0.4, -0.2) is 76.1 Å². The minimum atomic E-state index is -1.34. The minimum Gasteiger partial charge on any atom is -0.463 e. The fourth-order valence-corrected chi connectivity index (χ4v) is 5.46. The van der Waals surface area contributed by atoms with E-state index in [9.17, 15) is 24.0 Å². The van der Waals surface area contributed by atoms with Crippen LogP contribution in [-0.2, 0) is 42.9 Å². The molecule has 0 unspecified atom stereocenters. The lowest BCUT2D eigenvalue weighted by Crippen LogP contribution is -2.61. The second kappa shape index (κ2) is 13.5. The number of rotatable bonds is 9. The molecule has 12 nitrogen and oxygen atoms in total. The Labute approximate surface area is 235 Å². The Hall–Kier alpha value is -3.84. The van der Waals surface area contributed by atoms with Crippen molar-refractivity contribution in [2.75, 3.05) is 6.61 Å². The summed E-state index contributed by atoms with van der Waals surface area (Å²) in [5, 5.41) is 0.222. The fourth-order valence-electron chi connectivity index (χ4n) is 4.15. The van der Waals surface area contributed by atoms with Crippen LogP contribution >= 0.6 is 11.8 Å². The molecule has 1 aromatic carbocycles. The summed E-state index contributed by atoms with van der Waals surface area (Å²) in [4.78, 5) is 69.6. The van der Waals surface area contributed by atoms with E-state index in [1.807, 2.05) is 30.3 Å². The van der Waals surface area contributed by atoms with Crippen LogP contribution in [0.5, 0.6) is 0 Å². The molecule has 2 aromatic rings. The van der Waals surface area contributed by atoms with Crippen LogP contribution in [0.1, 0.15) is 50.7 Å². The maximum Gasteiger partial charge on any atom is 0.303 e. The summed E-state index contributed by atoms with van der Waals surface area (Å²) in [6.07, 6.45) is -5.06. The molecule has 1 fully saturated rings. The summed E-state index contributed by atoms with van der Waals surface area (Å²) in [7, 11) is 0. The topological polar surface area (TPSA) is 157 Å². The van der Waals surface area contributed by atoms with Crippen LogP contribution in [0, 0.1) is 6.92 Å². The van der Waals surface area contributed by atoms with E-state index in [4.69, 9.17) is 23.7 Å². The van der Waals surface area contributed by atoms with E-state index < -0.39 is 53.7 Å². The van der Waals surface area contributed by atoms with Gasteiger partial charge in [0.1, 0.15) is 17.7 Å². The van der Waals surface area contributed by atoms with Gasteiger partial charge in [0.15, 0.2) is 35.4 Å². The Morgan fingerprint density at radius 1 is 0.800 bits per heavy atom. The third-order valence-corrected chi connectivity index (χ3v) is 6.75.